The quantitative estimate of drug-likeness (QED) is 0.426. The first-order chi connectivity index (χ1) is 5.83. The summed E-state index contributed by atoms with van der Waals surface area (Å²) in [5.74, 6) is 0. The van der Waals surface area contributed by atoms with Crippen molar-refractivity contribution >= 4 is 0 Å². The van der Waals surface area contributed by atoms with Crippen LogP contribution in [0, 0.1) is 35.8 Å². The Morgan fingerprint density at radius 1 is 1.06 bits per heavy atom. The molecule has 1 nitrogen and oxygen atoms in total. The molecule has 1 N–H and O–H groups in total. The molecule has 0 fully saturated rings. The van der Waals surface area contributed by atoms with Crippen LogP contribution in [-0.4, -0.2) is 14.1 Å². The fourth-order valence-electron chi connectivity index (χ4n) is 0.340. The van der Waals surface area contributed by atoms with Crippen molar-refractivity contribution in [1.82, 2.24) is 5.32 Å². The van der Waals surface area contributed by atoms with Crippen molar-refractivity contribution < 1.29 is 21.7 Å². The number of hydrogen-bond donors (Lipinski definition) is 1. The fraction of sp³-hybridized carbons (Fsp3) is 0.200. The van der Waals surface area contributed by atoms with Crippen LogP contribution in [0.4, 0.5) is 0 Å². The first kappa shape index (κ1) is 43.8. The maximum Gasteiger partial charge on any atom is 0 e. The van der Waals surface area contributed by atoms with Crippen molar-refractivity contribution in [3.63, 3.8) is 0 Å². The van der Waals surface area contributed by atoms with E-state index in [4.69, 9.17) is 0 Å². The van der Waals surface area contributed by atoms with Gasteiger partial charge < -0.3 is 35.0 Å². The molecule has 0 aromatic heterocycles. The van der Waals surface area contributed by atoms with Gasteiger partial charge in [0.15, 0.2) is 0 Å². The Bertz CT molecular complexity index is 133. The number of allylic oxidation sites excluding steroid dienone is 6. The van der Waals surface area contributed by atoms with E-state index in [-0.39, 0.29) is 51.4 Å². The van der Waals surface area contributed by atoms with Gasteiger partial charge in [0.25, 0.3) is 0 Å². The zero-order valence-electron chi connectivity index (χ0n) is 12.5. The SMILES string of the molecule is C=CC=C.CNC.[C-]1=CC=CC1.[CH3-].[CH3-].[CH3-].[CH3-].[Ti]. The summed E-state index contributed by atoms with van der Waals surface area (Å²) in [7, 11) is 3.75. The largest absolute Gasteiger partial charge is 0.358 e. The van der Waals surface area contributed by atoms with Crippen molar-refractivity contribution in [2.75, 3.05) is 14.1 Å². The minimum atomic E-state index is 0. The Balaban J connectivity index is -0.0000000158. The first-order valence-electron chi connectivity index (χ1n) is 3.87. The second-order valence-corrected chi connectivity index (χ2v) is 1.97. The maximum absolute atomic E-state index is 3.36. The Kier molecular flexibility index (Phi) is 148. The van der Waals surface area contributed by atoms with Crippen molar-refractivity contribution in [3.8, 4) is 0 Å². The van der Waals surface area contributed by atoms with E-state index in [0.717, 1.165) is 6.42 Å². The van der Waals surface area contributed by atoms with Gasteiger partial charge in [-0.2, -0.15) is 6.08 Å². The Morgan fingerprint density at radius 2 is 1.41 bits per heavy atom. The molecule has 0 aromatic rings. The van der Waals surface area contributed by atoms with Crippen LogP contribution >= 0.6 is 0 Å². The zero-order valence-corrected chi connectivity index (χ0v) is 14.1. The molecule has 1 aliphatic carbocycles. The average molecular weight is 272 g/mol. The molecule has 0 spiro atoms. The summed E-state index contributed by atoms with van der Waals surface area (Å²) >= 11 is 0. The van der Waals surface area contributed by atoms with Gasteiger partial charge in [0.2, 0.25) is 0 Å². The van der Waals surface area contributed by atoms with Gasteiger partial charge in [-0.3, -0.25) is 6.08 Å². The van der Waals surface area contributed by atoms with Gasteiger partial charge in [-0.1, -0.05) is 25.3 Å². The summed E-state index contributed by atoms with van der Waals surface area (Å²) in [6.07, 6.45) is 13.3. The molecule has 104 valence electrons. The van der Waals surface area contributed by atoms with Crippen LogP contribution < -0.4 is 5.32 Å². The molecule has 1 aliphatic rings. The van der Waals surface area contributed by atoms with Crippen LogP contribution in [0.5, 0.6) is 0 Å². The molecule has 0 aromatic carbocycles. The van der Waals surface area contributed by atoms with Crippen LogP contribution in [0.2, 0.25) is 0 Å². The van der Waals surface area contributed by atoms with Crippen molar-refractivity contribution in [2.45, 2.75) is 6.42 Å². The van der Waals surface area contributed by atoms with E-state index >= 15 is 0 Å². The molecule has 0 atom stereocenters. The van der Waals surface area contributed by atoms with Crippen LogP contribution in [-0.2, 0) is 21.7 Å². The second-order valence-electron chi connectivity index (χ2n) is 1.97. The first-order valence-corrected chi connectivity index (χ1v) is 3.87. The molecule has 0 radical (unpaired) electrons. The zero-order chi connectivity index (χ0) is 9.66. The van der Waals surface area contributed by atoms with Crippen LogP contribution in [0.25, 0.3) is 0 Å². The summed E-state index contributed by atoms with van der Waals surface area (Å²) in [4.78, 5) is 0. The molecule has 0 bridgehead atoms. The van der Waals surface area contributed by atoms with E-state index in [2.05, 4.69) is 30.6 Å². The molecule has 0 amide bonds. The molecule has 0 saturated carbocycles. The predicted octanol–water partition coefficient (Wildman–Crippen LogP) is 4.30. The minimum absolute atomic E-state index is 0. The van der Waals surface area contributed by atoms with E-state index in [1.54, 1.807) is 12.2 Å². The average Bonchev–Trinajstić information content (AvgIpc) is 2.62. The smallest absolute Gasteiger partial charge is 0 e. The van der Waals surface area contributed by atoms with Crippen LogP contribution in [0.1, 0.15) is 6.42 Å². The van der Waals surface area contributed by atoms with Gasteiger partial charge in [0.1, 0.15) is 0 Å². The van der Waals surface area contributed by atoms with Gasteiger partial charge in [-0.25, -0.2) is 12.2 Å². The van der Waals surface area contributed by atoms with Gasteiger partial charge in [0, 0.05) is 21.7 Å². The Morgan fingerprint density at radius 3 is 1.47 bits per heavy atom. The van der Waals surface area contributed by atoms with E-state index in [1.807, 2.05) is 26.2 Å². The third-order valence-corrected chi connectivity index (χ3v) is 0.753. The third kappa shape index (κ3) is 91.6. The second kappa shape index (κ2) is 57.4. The van der Waals surface area contributed by atoms with E-state index in [0.29, 0.717) is 0 Å². The Labute approximate surface area is 127 Å². The molecular formula is C15H30NTi-5. The molecular weight excluding hydrogens is 242 g/mol. The normalized spacial score (nSPS) is 7.41. The van der Waals surface area contributed by atoms with E-state index in [9.17, 15) is 0 Å². The Hall–Kier alpha value is -0.366. The summed E-state index contributed by atoms with van der Waals surface area (Å²) < 4.78 is 0. The van der Waals surface area contributed by atoms with Crippen LogP contribution in [0.15, 0.2) is 43.5 Å². The third-order valence-electron chi connectivity index (χ3n) is 0.753. The molecule has 2 heteroatoms. The number of nitrogens with one attached hydrogen (secondary N) is 1. The van der Waals surface area contributed by atoms with E-state index < -0.39 is 0 Å². The fourth-order valence-corrected chi connectivity index (χ4v) is 0.340. The number of rotatable bonds is 1. The van der Waals surface area contributed by atoms with Gasteiger partial charge in [-0.05, 0) is 14.1 Å². The van der Waals surface area contributed by atoms with Crippen molar-refractivity contribution in [1.29, 1.82) is 0 Å². The van der Waals surface area contributed by atoms with Crippen molar-refractivity contribution in [3.05, 3.63) is 79.3 Å². The number of hydrogen-bond acceptors (Lipinski definition) is 1. The summed E-state index contributed by atoms with van der Waals surface area (Å²) in [5, 5.41) is 2.75. The topological polar surface area (TPSA) is 12.0 Å². The molecule has 17 heavy (non-hydrogen) atoms. The van der Waals surface area contributed by atoms with Gasteiger partial charge >= 0.3 is 0 Å². The predicted molar refractivity (Wildman–Crippen MR) is 82.6 cm³/mol. The molecule has 0 saturated heterocycles. The van der Waals surface area contributed by atoms with Gasteiger partial charge in [-0.15, -0.1) is 6.42 Å². The summed E-state index contributed by atoms with van der Waals surface area (Å²) in [6.45, 7) is 6.72. The summed E-state index contributed by atoms with van der Waals surface area (Å²) in [5.41, 5.74) is 0. The van der Waals surface area contributed by atoms with E-state index in [1.165, 1.54) is 0 Å². The maximum atomic E-state index is 3.36. The van der Waals surface area contributed by atoms with Crippen LogP contribution in [0.3, 0.4) is 0 Å². The van der Waals surface area contributed by atoms with Gasteiger partial charge in [0.05, 0.1) is 0 Å². The molecule has 0 unspecified atom stereocenters. The summed E-state index contributed by atoms with van der Waals surface area (Å²) in [6, 6.07) is 0. The minimum Gasteiger partial charge on any atom is -0.358 e. The van der Waals surface area contributed by atoms with Crippen molar-refractivity contribution in [2.24, 2.45) is 0 Å². The molecule has 1 rings (SSSR count). The molecule has 0 heterocycles. The molecule has 0 aliphatic heterocycles. The standard InChI is InChI=1S/C5H5.C4H6.C2H7N.4CH3.Ti/c1-2-4-5-3-1;1-3-4-2;1-3-2;;;;;/h1-3H,4H2;3-4H,1-2H2;3H,1-2H3;4*1H3;/q-1;;;4*-1;. The monoisotopic (exact) mass is 272 g/mol.